The van der Waals surface area contributed by atoms with Crippen LogP contribution in [0.3, 0.4) is 0 Å². The summed E-state index contributed by atoms with van der Waals surface area (Å²) in [5.74, 6) is 0.927. The van der Waals surface area contributed by atoms with Crippen molar-refractivity contribution >= 4 is 15.9 Å². The van der Waals surface area contributed by atoms with Gasteiger partial charge in [-0.25, -0.2) is 9.67 Å². The first-order valence-electron chi connectivity index (χ1n) is 6.10. The van der Waals surface area contributed by atoms with Crippen LogP contribution in [0, 0.1) is 0 Å². The van der Waals surface area contributed by atoms with Gasteiger partial charge in [-0.2, -0.15) is 5.10 Å². The molecule has 1 N–H and O–H groups in total. The standard InChI is InChI=1S/C13H17BrN4O/c1-19-6-5-15-8-13-16-10-17-18(13)9-11-3-2-4-12(14)7-11/h2-4,7,10,15H,5-6,8-9H2,1H3. The van der Waals surface area contributed by atoms with E-state index in [0.717, 1.165) is 23.4 Å². The van der Waals surface area contributed by atoms with Crippen molar-refractivity contribution in [2.75, 3.05) is 20.3 Å². The second kappa shape index (κ2) is 7.37. The summed E-state index contributed by atoms with van der Waals surface area (Å²) in [6, 6.07) is 8.20. The predicted molar refractivity (Wildman–Crippen MR) is 76.8 cm³/mol. The molecule has 2 rings (SSSR count). The number of methoxy groups -OCH3 is 1. The fraction of sp³-hybridized carbons (Fsp3) is 0.385. The number of halogens is 1. The SMILES string of the molecule is COCCNCc1ncnn1Cc1cccc(Br)c1. The van der Waals surface area contributed by atoms with E-state index in [0.29, 0.717) is 13.2 Å². The van der Waals surface area contributed by atoms with Crippen LogP contribution in [0.5, 0.6) is 0 Å². The summed E-state index contributed by atoms with van der Waals surface area (Å²) < 4.78 is 7.97. The molecule has 6 heteroatoms. The van der Waals surface area contributed by atoms with E-state index in [2.05, 4.69) is 43.5 Å². The van der Waals surface area contributed by atoms with Gasteiger partial charge in [0.2, 0.25) is 0 Å². The minimum atomic E-state index is 0.692. The van der Waals surface area contributed by atoms with Crippen molar-refractivity contribution in [1.82, 2.24) is 20.1 Å². The number of nitrogens with zero attached hydrogens (tertiary/aromatic N) is 3. The summed E-state index contributed by atoms with van der Waals surface area (Å²) in [6.07, 6.45) is 1.59. The second-order valence-electron chi connectivity index (χ2n) is 4.13. The fourth-order valence-electron chi connectivity index (χ4n) is 1.74. The molecule has 0 saturated heterocycles. The number of hydrogen-bond donors (Lipinski definition) is 1. The van der Waals surface area contributed by atoms with E-state index < -0.39 is 0 Å². The molecule has 102 valence electrons. The molecule has 0 unspecified atom stereocenters. The Morgan fingerprint density at radius 3 is 3.11 bits per heavy atom. The van der Waals surface area contributed by atoms with Crippen LogP contribution in [0.15, 0.2) is 35.1 Å². The molecule has 0 radical (unpaired) electrons. The molecule has 0 bridgehead atoms. The van der Waals surface area contributed by atoms with Crippen molar-refractivity contribution in [2.24, 2.45) is 0 Å². The van der Waals surface area contributed by atoms with Crippen LogP contribution in [-0.2, 0) is 17.8 Å². The Bertz CT molecular complexity index is 515. The van der Waals surface area contributed by atoms with E-state index in [4.69, 9.17) is 4.74 Å². The van der Waals surface area contributed by atoms with Crippen molar-refractivity contribution in [3.8, 4) is 0 Å². The molecule has 1 aromatic heterocycles. The van der Waals surface area contributed by atoms with Crippen LogP contribution in [-0.4, -0.2) is 35.0 Å². The van der Waals surface area contributed by atoms with Crippen LogP contribution in [0.2, 0.25) is 0 Å². The number of ether oxygens (including phenoxy) is 1. The van der Waals surface area contributed by atoms with Gasteiger partial charge in [0.25, 0.3) is 0 Å². The molecule has 2 aromatic rings. The molecule has 0 aliphatic carbocycles. The maximum Gasteiger partial charge on any atom is 0.141 e. The maximum absolute atomic E-state index is 4.99. The Labute approximate surface area is 121 Å². The third-order valence-electron chi connectivity index (χ3n) is 2.68. The Hall–Kier alpha value is -1.24. The van der Waals surface area contributed by atoms with E-state index in [-0.39, 0.29) is 0 Å². The van der Waals surface area contributed by atoms with Gasteiger partial charge in [-0.05, 0) is 17.7 Å². The van der Waals surface area contributed by atoms with Gasteiger partial charge in [-0.1, -0.05) is 28.1 Å². The van der Waals surface area contributed by atoms with Gasteiger partial charge in [0, 0.05) is 18.1 Å². The van der Waals surface area contributed by atoms with E-state index in [9.17, 15) is 0 Å². The average Bonchev–Trinajstić information content (AvgIpc) is 2.82. The second-order valence-corrected chi connectivity index (χ2v) is 5.05. The van der Waals surface area contributed by atoms with Gasteiger partial charge in [0.15, 0.2) is 0 Å². The summed E-state index contributed by atoms with van der Waals surface area (Å²) in [5.41, 5.74) is 1.19. The van der Waals surface area contributed by atoms with E-state index in [1.54, 1.807) is 13.4 Å². The lowest BCUT2D eigenvalue weighted by Crippen LogP contribution is -2.21. The zero-order valence-electron chi connectivity index (χ0n) is 10.8. The lowest BCUT2D eigenvalue weighted by atomic mass is 10.2. The van der Waals surface area contributed by atoms with Gasteiger partial charge in [0.1, 0.15) is 12.2 Å². The first kappa shape index (κ1) is 14.2. The molecule has 0 aliphatic heterocycles. The van der Waals surface area contributed by atoms with Crippen LogP contribution in [0.25, 0.3) is 0 Å². The summed E-state index contributed by atoms with van der Waals surface area (Å²) in [5, 5.41) is 7.53. The molecule has 1 aromatic carbocycles. The van der Waals surface area contributed by atoms with Crippen molar-refractivity contribution in [2.45, 2.75) is 13.1 Å². The average molecular weight is 325 g/mol. The van der Waals surface area contributed by atoms with E-state index >= 15 is 0 Å². The number of rotatable bonds is 7. The highest BCUT2D eigenvalue weighted by molar-refractivity contribution is 9.10. The van der Waals surface area contributed by atoms with E-state index in [1.165, 1.54) is 5.56 Å². The molecule has 0 fully saturated rings. The summed E-state index contributed by atoms with van der Waals surface area (Å²) >= 11 is 3.47. The molecule has 0 atom stereocenters. The van der Waals surface area contributed by atoms with Crippen molar-refractivity contribution in [3.05, 3.63) is 46.5 Å². The molecule has 0 spiro atoms. The Balaban J connectivity index is 1.95. The summed E-state index contributed by atoms with van der Waals surface area (Å²) in [4.78, 5) is 4.27. The molecule has 0 amide bonds. The minimum absolute atomic E-state index is 0.692. The third-order valence-corrected chi connectivity index (χ3v) is 3.18. The smallest absolute Gasteiger partial charge is 0.141 e. The monoisotopic (exact) mass is 324 g/mol. The Kier molecular flexibility index (Phi) is 5.50. The van der Waals surface area contributed by atoms with Gasteiger partial charge >= 0.3 is 0 Å². The lowest BCUT2D eigenvalue weighted by molar-refractivity contribution is 0.198. The van der Waals surface area contributed by atoms with Gasteiger partial charge in [-0.15, -0.1) is 0 Å². The fourth-order valence-corrected chi connectivity index (χ4v) is 2.19. The topological polar surface area (TPSA) is 52.0 Å². The summed E-state index contributed by atoms with van der Waals surface area (Å²) in [6.45, 7) is 2.91. The quantitative estimate of drug-likeness (QED) is 0.789. The van der Waals surface area contributed by atoms with E-state index in [1.807, 2.05) is 16.8 Å². The molecule has 1 heterocycles. The Morgan fingerprint density at radius 1 is 1.42 bits per heavy atom. The van der Waals surface area contributed by atoms with Crippen LogP contribution >= 0.6 is 15.9 Å². The number of nitrogens with one attached hydrogen (secondary N) is 1. The van der Waals surface area contributed by atoms with Gasteiger partial charge in [0.05, 0.1) is 19.7 Å². The molecule has 0 saturated carbocycles. The van der Waals surface area contributed by atoms with Crippen molar-refractivity contribution in [1.29, 1.82) is 0 Å². The van der Waals surface area contributed by atoms with Crippen molar-refractivity contribution in [3.63, 3.8) is 0 Å². The lowest BCUT2D eigenvalue weighted by Gasteiger charge is -2.07. The minimum Gasteiger partial charge on any atom is -0.383 e. The zero-order chi connectivity index (χ0) is 13.5. The number of aromatic nitrogens is 3. The summed E-state index contributed by atoms with van der Waals surface area (Å²) in [7, 11) is 1.69. The largest absolute Gasteiger partial charge is 0.383 e. The zero-order valence-corrected chi connectivity index (χ0v) is 12.4. The third kappa shape index (κ3) is 4.41. The molecule has 19 heavy (non-hydrogen) atoms. The first-order valence-corrected chi connectivity index (χ1v) is 6.89. The highest BCUT2D eigenvalue weighted by Crippen LogP contribution is 2.12. The highest BCUT2D eigenvalue weighted by Gasteiger charge is 2.04. The first-order chi connectivity index (χ1) is 9.29. The highest BCUT2D eigenvalue weighted by atomic mass is 79.9. The molecular weight excluding hydrogens is 308 g/mol. The van der Waals surface area contributed by atoms with Gasteiger partial charge in [-0.3, -0.25) is 0 Å². The van der Waals surface area contributed by atoms with Crippen LogP contribution in [0.4, 0.5) is 0 Å². The maximum atomic E-state index is 4.99. The number of hydrogen-bond acceptors (Lipinski definition) is 4. The predicted octanol–water partition coefficient (Wildman–Crippen LogP) is 1.82. The van der Waals surface area contributed by atoms with Crippen molar-refractivity contribution < 1.29 is 4.74 Å². The van der Waals surface area contributed by atoms with Crippen LogP contribution < -0.4 is 5.32 Å². The molecule has 0 aliphatic rings. The number of benzene rings is 1. The molecular formula is C13H17BrN4O. The van der Waals surface area contributed by atoms with Crippen LogP contribution in [0.1, 0.15) is 11.4 Å². The molecule has 5 nitrogen and oxygen atoms in total. The van der Waals surface area contributed by atoms with Gasteiger partial charge < -0.3 is 10.1 Å². The Morgan fingerprint density at radius 2 is 2.32 bits per heavy atom. The normalized spacial score (nSPS) is 10.8.